The lowest BCUT2D eigenvalue weighted by Gasteiger charge is -2.32. The molecule has 112 valence electrons. The van der Waals surface area contributed by atoms with E-state index in [4.69, 9.17) is 9.47 Å². The Morgan fingerprint density at radius 1 is 1.15 bits per heavy atom. The van der Waals surface area contributed by atoms with Crippen LogP contribution in [0.2, 0.25) is 0 Å². The van der Waals surface area contributed by atoms with Crippen molar-refractivity contribution in [2.24, 2.45) is 0 Å². The maximum absolute atomic E-state index is 6.12. The first-order valence-electron chi connectivity index (χ1n) is 7.97. The second-order valence-electron chi connectivity index (χ2n) is 5.43. The first-order valence-corrected chi connectivity index (χ1v) is 7.97. The first kappa shape index (κ1) is 15.2. The Kier molecular flexibility index (Phi) is 6.19. The second kappa shape index (κ2) is 8.15. The van der Waals surface area contributed by atoms with Gasteiger partial charge in [0.1, 0.15) is 12.7 Å². The smallest absolute Gasteiger partial charge is 0.161 e. The van der Waals surface area contributed by atoms with Gasteiger partial charge >= 0.3 is 0 Å². The molecule has 1 aromatic carbocycles. The second-order valence-corrected chi connectivity index (χ2v) is 5.43. The summed E-state index contributed by atoms with van der Waals surface area (Å²) in [6, 6.07) is 8.31. The van der Waals surface area contributed by atoms with Crippen LogP contribution >= 0.6 is 0 Å². The van der Waals surface area contributed by atoms with Gasteiger partial charge in [-0.1, -0.05) is 51.7 Å². The van der Waals surface area contributed by atoms with E-state index >= 15 is 0 Å². The number of nitrogens with one attached hydrogen (secondary N) is 1. The molecule has 1 N–H and O–H groups in total. The van der Waals surface area contributed by atoms with E-state index in [1.165, 1.54) is 25.7 Å². The number of unbranched alkanes of at least 4 members (excludes halogenated alkanes) is 3. The van der Waals surface area contributed by atoms with Gasteiger partial charge in [-0.05, 0) is 25.1 Å². The van der Waals surface area contributed by atoms with Gasteiger partial charge in [0.25, 0.3) is 0 Å². The van der Waals surface area contributed by atoms with Crippen molar-refractivity contribution in [3.05, 3.63) is 24.3 Å². The molecule has 0 spiro atoms. The van der Waals surface area contributed by atoms with Crippen molar-refractivity contribution in [2.75, 3.05) is 13.2 Å². The Labute approximate surface area is 122 Å². The molecule has 0 amide bonds. The lowest BCUT2D eigenvalue weighted by Crippen LogP contribution is -2.47. The number of benzene rings is 1. The summed E-state index contributed by atoms with van der Waals surface area (Å²) in [5, 5.41) is 3.56. The van der Waals surface area contributed by atoms with E-state index in [2.05, 4.69) is 19.2 Å². The number of ether oxygens (including phenoxy) is 2. The summed E-state index contributed by atoms with van der Waals surface area (Å²) in [6.45, 7) is 6.01. The minimum absolute atomic E-state index is 0.117. The van der Waals surface area contributed by atoms with Crippen molar-refractivity contribution in [3.63, 3.8) is 0 Å². The normalized spacial score (nSPS) is 18.8. The number of fused-ring (bicyclic) bond motifs is 1. The molecule has 0 saturated carbocycles. The summed E-state index contributed by atoms with van der Waals surface area (Å²) in [4.78, 5) is 0. The van der Waals surface area contributed by atoms with E-state index < -0.39 is 0 Å². The van der Waals surface area contributed by atoms with Crippen molar-refractivity contribution < 1.29 is 9.47 Å². The van der Waals surface area contributed by atoms with Crippen molar-refractivity contribution in [2.45, 2.75) is 58.1 Å². The van der Waals surface area contributed by atoms with E-state index in [1.54, 1.807) is 0 Å². The van der Waals surface area contributed by atoms with Crippen molar-refractivity contribution in [3.8, 4) is 11.5 Å². The molecule has 0 bridgehead atoms. The van der Waals surface area contributed by atoms with Gasteiger partial charge in [0.15, 0.2) is 11.5 Å². The predicted molar refractivity (Wildman–Crippen MR) is 82.6 cm³/mol. The highest BCUT2D eigenvalue weighted by molar-refractivity contribution is 5.40. The third kappa shape index (κ3) is 4.14. The topological polar surface area (TPSA) is 30.5 Å². The Bertz CT molecular complexity index is 394. The van der Waals surface area contributed by atoms with Gasteiger partial charge in [0.05, 0.1) is 0 Å². The van der Waals surface area contributed by atoms with E-state index in [9.17, 15) is 0 Å². The van der Waals surface area contributed by atoms with Crippen LogP contribution in [-0.4, -0.2) is 25.3 Å². The molecule has 1 aliphatic rings. The van der Waals surface area contributed by atoms with Crippen molar-refractivity contribution >= 4 is 0 Å². The van der Waals surface area contributed by atoms with Crippen LogP contribution in [0.15, 0.2) is 24.3 Å². The third-order valence-corrected chi connectivity index (χ3v) is 3.81. The van der Waals surface area contributed by atoms with Gasteiger partial charge in [-0.3, -0.25) is 0 Å². The lowest BCUT2D eigenvalue weighted by atomic mass is 10.0. The first-order chi connectivity index (χ1) is 9.85. The molecule has 0 fully saturated rings. The van der Waals surface area contributed by atoms with Crippen LogP contribution in [0.1, 0.15) is 46.0 Å². The molecule has 0 aliphatic carbocycles. The number of hydrogen-bond donors (Lipinski definition) is 1. The highest BCUT2D eigenvalue weighted by atomic mass is 16.6. The fourth-order valence-electron chi connectivity index (χ4n) is 2.71. The monoisotopic (exact) mass is 277 g/mol. The third-order valence-electron chi connectivity index (χ3n) is 3.81. The standard InChI is InChI=1S/C17H27NO2/c1-3-5-6-7-10-14(18-4-2)17-13-19-15-11-8-9-12-16(15)20-17/h8-9,11-12,14,17-18H,3-7,10,13H2,1-2H3. The number of rotatable bonds is 8. The zero-order valence-corrected chi connectivity index (χ0v) is 12.7. The highest BCUT2D eigenvalue weighted by Gasteiger charge is 2.27. The molecular formula is C17H27NO2. The van der Waals surface area contributed by atoms with E-state index in [0.717, 1.165) is 24.5 Å². The van der Waals surface area contributed by atoms with Crippen LogP contribution in [0.4, 0.5) is 0 Å². The average Bonchev–Trinajstić information content (AvgIpc) is 2.50. The van der Waals surface area contributed by atoms with E-state index in [1.807, 2.05) is 24.3 Å². The summed E-state index contributed by atoms with van der Waals surface area (Å²) in [6.07, 6.45) is 6.44. The quantitative estimate of drug-likeness (QED) is 0.734. The molecule has 1 heterocycles. The summed E-state index contributed by atoms with van der Waals surface area (Å²) < 4.78 is 11.9. The Morgan fingerprint density at radius 3 is 2.70 bits per heavy atom. The molecule has 3 nitrogen and oxygen atoms in total. The molecule has 2 rings (SSSR count). The fourth-order valence-corrected chi connectivity index (χ4v) is 2.71. The van der Waals surface area contributed by atoms with Crippen LogP contribution in [0.5, 0.6) is 11.5 Å². The largest absolute Gasteiger partial charge is 0.486 e. The molecule has 1 aliphatic heterocycles. The summed E-state index contributed by atoms with van der Waals surface area (Å²) in [5.41, 5.74) is 0. The fraction of sp³-hybridized carbons (Fsp3) is 0.647. The minimum atomic E-state index is 0.117. The van der Waals surface area contributed by atoms with Crippen LogP contribution in [-0.2, 0) is 0 Å². The Hall–Kier alpha value is -1.22. The molecule has 0 radical (unpaired) electrons. The van der Waals surface area contributed by atoms with Crippen LogP contribution in [0.25, 0.3) is 0 Å². The van der Waals surface area contributed by atoms with Crippen LogP contribution < -0.4 is 14.8 Å². The Morgan fingerprint density at radius 2 is 1.95 bits per heavy atom. The zero-order chi connectivity index (χ0) is 14.2. The van der Waals surface area contributed by atoms with Gasteiger partial charge in [-0.15, -0.1) is 0 Å². The molecule has 0 aromatic heterocycles. The maximum atomic E-state index is 6.12. The van der Waals surface area contributed by atoms with Crippen LogP contribution in [0, 0.1) is 0 Å². The number of hydrogen-bond acceptors (Lipinski definition) is 3. The molecule has 2 unspecified atom stereocenters. The van der Waals surface area contributed by atoms with Gasteiger partial charge < -0.3 is 14.8 Å². The minimum Gasteiger partial charge on any atom is -0.486 e. The molecule has 3 heteroatoms. The van der Waals surface area contributed by atoms with E-state index in [0.29, 0.717) is 12.6 Å². The van der Waals surface area contributed by atoms with Gasteiger partial charge in [-0.25, -0.2) is 0 Å². The molecule has 20 heavy (non-hydrogen) atoms. The lowest BCUT2D eigenvalue weighted by molar-refractivity contribution is 0.0592. The van der Waals surface area contributed by atoms with Crippen molar-refractivity contribution in [1.82, 2.24) is 5.32 Å². The van der Waals surface area contributed by atoms with Crippen molar-refractivity contribution in [1.29, 1.82) is 0 Å². The molecular weight excluding hydrogens is 250 g/mol. The van der Waals surface area contributed by atoms with Crippen LogP contribution in [0.3, 0.4) is 0 Å². The number of likely N-dealkylation sites (N-methyl/N-ethyl adjacent to an activating group) is 1. The molecule has 2 atom stereocenters. The molecule has 1 aromatic rings. The summed E-state index contributed by atoms with van der Waals surface area (Å²) >= 11 is 0. The zero-order valence-electron chi connectivity index (χ0n) is 12.7. The van der Waals surface area contributed by atoms with Gasteiger partial charge in [0.2, 0.25) is 0 Å². The SMILES string of the molecule is CCCCCCC(NCC)C1COc2ccccc2O1. The molecule has 0 saturated heterocycles. The van der Waals surface area contributed by atoms with Gasteiger partial charge in [-0.2, -0.15) is 0 Å². The summed E-state index contributed by atoms with van der Waals surface area (Å²) in [5.74, 6) is 1.74. The average molecular weight is 277 g/mol. The predicted octanol–water partition coefficient (Wildman–Crippen LogP) is 3.77. The van der Waals surface area contributed by atoms with Gasteiger partial charge in [0, 0.05) is 6.04 Å². The van der Waals surface area contributed by atoms with E-state index in [-0.39, 0.29) is 6.10 Å². The summed E-state index contributed by atoms with van der Waals surface area (Å²) in [7, 11) is 0. The maximum Gasteiger partial charge on any atom is 0.161 e. The Balaban J connectivity index is 1.90. The highest BCUT2D eigenvalue weighted by Crippen LogP contribution is 2.32. The number of para-hydroxylation sites is 2.